The van der Waals surface area contributed by atoms with E-state index in [0.29, 0.717) is 27.7 Å². The van der Waals surface area contributed by atoms with Crippen molar-refractivity contribution in [2.24, 2.45) is 0 Å². The Balaban J connectivity index is 1.69. The Morgan fingerprint density at radius 2 is 2.10 bits per heavy atom. The van der Waals surface area contributed by atoms with Gasteiger partial charge in [0.1, 0.15) is 22.4 Å². The van der Waals surface area contributed by atoms with E-state index in [1.54, 1.807) is 43.4 Å². The third-order valence-corrected chi connectivity index (χ3v) is 6.86. The number of halogens is 1. The molecule has 0 spiro atoms. The number of methoxy groups -OCH3 is 1. The summed E-state index contributed by atoms with van der Waals surface area (Å²) in [6.07, 6.45) is 4.14. The Kier molecular flexibility index (Phi) is 5.36. The van der Waals surface area contributed by atoms with Crippen LogP contribution in [0.1, 0.15) is 42.1 Å². The van der Waals surface area contributed by atoms with E-state index in [9.17, 15) is 9.59 Å². The highest BCUT2D eigenvalue weighted by atomic mass is 35.5. The lowest BCUT2D eigenvalue weighted by atomic mass is 9.97. The van der Waals surface area contributed by atoms with Gasteiger partial charge in [-0.15, -0.1) is 11.3 Å². The van der Waals surface area contributed by atoms with Gasteiger partial charge in [0.05, 0.1) is 17.5 Å². The van der Waals surface area contributed by atoms with Crippen LogP contribution in [0.5, 0.6) is 5.75 Å². The summed E-state index contributed by atoms with van der Waals surface area (Å²) >= 11 is 7.75. The van der Waals surface area contributed by atoms with Gasteiger partial charge < -0.3 is 10.1 Å². The van der Waals surface area contributed by atoms with Crippen molar-refractivity contribution < 1.29 is 9.53 Å². The number of thiophene rings is 1. The van der Waals surface area contributed by atoms with Gasteiger partial charge in [0.2, 0.25) is 5.91 Å². The molecule has 29 heavy (non-hydrogen) atoms. The van der Waals surface area contributed by atoms with Gasteiger partial charge >= 0.3 is 0 Å². The fraction of sp³-hybridized carbons (Fsp3) is 0.381. The van der Waals surface area contributed by atoms with E-state index in [-0.39, 0.29) is 11.5 Å². The fourth-order valence-electron chi connectivity index (χ4n) is 3.88. The molecule has 1 amide bonds. The summed E-state index contributed by atoms with van der Waals surface area (Å²) in [6, 6.07) is 4.31. The minimum absolute atomic E-state index is 0.137. The summed E-state index contributed by atoms with van der Waals surface area (Å²) in [5, 5.41) is 3.91. The molecular weight excluding hydrogens is 410 g/mol. The molecule has 1 aromatic carbocycles. The Morgan fingerprint density at radius 1 is 1.34 bits per heavy atom. The van der Waals surface area contributed by atoms with Crippen LogP contribution in [-0.2, 0) is 17.6 Å². The molecule has 0 fully saturated rings. The zero-order chi connectivity index (χ0) is 20.7. The maximum Gasteiger partial charge on any atom is 0.263 e. The number of aryl methyl sites for hydroxylation is 3. The number of fused-ring (bicyclic) bond motifs is 3. The van der Waals surface area contributed by atoms with Crippen molar-refractivity contribution in [2.75, 3.05) is 12.4 Å². The number of hydrogen-bond donors (Lipinski definition) is 1. The average Bonchev–Trinajstić information content (AvgIpc) is 3.06. The number of anilines is 1. The molecule has 1 N–H and O–H groups in total. The highest BCUT2D eigenvalue weighted by Gasteiger charge is 2.25. The molecule has 0 saturated carbocycles. The molecule has 4 rings (SSSR count). The minimum Gasteiger partial charge on any atom is -0.495 e. The van der Waals surface area contributed by atoms with Crippen LogP contribution in [-0.4, -0.2) is 22.6 Å². The second kappa shape index (κ2) is 7.80. The van der Waals surface area contributed by atoms with Crippen LogP contribution in [0, 0.1) is 6.92 Å². The zero-order valence-corrected chi connectivity index (χ0v) is 18.1. The third-order valence-electron chi connectivity index (χ3n) is 5.38. The molecule has 1 unspecified atom stereocenters. The van der Waals surface area contributed by atoms with Crippen LogP contribution >= 0.6 is 22.9 Å². The van der Waals surface area contributed by atoms with E-state index >= 15 is 0 Å². The van der Waals surface area contributed by atoms with Crippen LogP contribution in [0.2, 0.25) is 5.02 Å². The SMILES string of the molecule is COc1ccc(NC(=O)C(C)n2c(C)nc3sc4c(c3c2=O)CCCC4)cc1Cl. The standard InChI is InChI=1S/C21H22ClN3O3S/c1-11(19(26)24-13-8-9-16(28-3)15(22)10-13)25-12(2)23-20-18(21(25)27)14-6-4-5-7-17(14)29-20/h8-11H,4-7H2,1-3H3,(H,24,26). The van der Waals surface area contributed by atoms with E-state index in [0.717, 1.165) is 36.1 Å². The molecule has 152 valence electrons. The number of nitrogens with zero attached hydrogens (tertiary/aromatic N) is 2. The van der Waals surface area contributed by atoms with E-state index < -0.39 is 6.04 Å². The summed E-state index contributed by atoms with van der Waals surface area (Å²) in [6.45, 7) is 3.48. The largest absolute Gasteiger partial charge is 0.495 e. The van der Waals surface area contributed by atoms with Gasteiger partial charge in [-0.3, -0.25) is 14.2 Å². The first kappa shape index (κ1) is 19.9. The van der Waals surface area contributed by atoms with Crippen LogP contribution in [0.15, 0.2) is 23.0 Å². The average molecular weight is 432 g/mol. The fourth-order valence-corrected chi connectivity index (χ4v) is 5.44. The molecule has 0 radical (unpaired) electrons. The Hall–Kier alpha value is -2.38. The molecule has 0 aliphatic heterocycles. The van der Waals surface area contributed by atoms with Gasteiger partial charge in [-0.25, -0.2) is 4.98 Å². The number of hydrogen-bond acceptors (Lipinski definition) is 5. The summed E-state index contributed by atoms with van der Waals surface area (Å²) in [5.41, 5.74) is 1.53. The topological polar surface area (TPSA) is 73.2 Å². The number of benzene rings is 1. The molecule has 1 aliphatic carbocycles. The van der Waals surface area contributed by atoms with Crippen molar-refractivity contribution in [2.45, 2.75) is 45.6 Å². The van der Waals surface area contributed by atoms with Gasteiger partial charge in [-0.05, 0) is 63.3 Å². The molecule has 1 aliphatic rings. The second-order valence-electron chi connectivity index (χ2n) is 7.24. The first-order valence-corrected chi connectivity index (χ1v) is 10.8. The number of carbonyl (C=O) groups is 1. The summed E-state index contributed by atoms with van der Waals surface area (Å²) in [7, 11) is 1.53. The van der Waals surface area contributed by atoms with E-state index in [4.69, 9.17) is 16.3 Å². The lowest BCUT2D eigenvalue weighted by Crippen LogP contribution is -2.34. The van der Waals surface area contributed by atoms with Crippen molar-refractivity contribution in [3.63, 3.8) is 0 Å². The van der Waals surface area contributed by atoms with Crippen molar-refractivity contribution in [3.8, 4) is 5.75 Å². The Bertz CT molecular complexity index is 1170. The third kappa shape index (κ3) is 3.53. The summed E-state index contributed by atoms with van der Waals surface area (Å²) in [5.74, 6) is 0.764. The van der Waals surface area contributed by atoms with Gasteiger partial charge in [-0.1, -0.05) is 11.6 Å². The van der Waals surface area contributed by atoms with Gasteiger partial charge in [0, 0.05) is 10.6 Å². The lowest BCUT2D eigenvalue weighted by molar-refractivity contribution is -0.118. The lowest BCUT2D eigenvalue weighted by Gasteiger charge is -2.18. The first-order chi connectivity index (χ1) is 13.9. The molecule has 0 bridgehead atoms. The monoisotopic (exact) mass is 431 g/mol. The first-order valence-electron chi connectivity index (χ1n) is 9.58. The number of ether oxygens (including phenoxy) is 1. The maximum atomic E-state index is 13.3. The number of aromatic nitrogens is 2. The van der Waals surface area contributed by atoms with Gasteiger partial charge in [-0.2, -0.15) is 0 Å². The molecule has 8 heteroatoms. The number of rotatable bonds is 4. The van der Waals surface area contributed by atoms with Crippen molar-refractivity contribution >= 4 is 44.7 Å². The smallest absolute Gasteiger partial charge is 0.263 e. The van der Waals surface area contributed by atoms with Crippen molar-refractivity contribution in [1.29, 1.82) is 0 Å². The molecule has 2 heterocycles. The van der Waals surface area contributed by atoms with E-state index in [1.807, 2.05) is 0 Å². The molecular formula is C21H22ClN3O3S. The second-order valence-corrected chi connectivity index (χ2v) is 8.73. The normalized spacial score (nSPS) is 14.5. The molecule has 1 atom stereocenters. The highest BCUT2D eigenvalue weighted by Crippen LogP contribution is 2.34. The molecule has 0 saturated heterocycles. The molecule has 2 aromatic heterocycles. The Labute approximate surface area is 177 Å². The zero-order valence-electron chi connectivity index (χ0n) is 16.5. The van der Waals surface area contributed by atoms with Crippen molar-refractivity contribution in [1.82, 2.24) is 9.55 Å². The maximum absolute atomic E-state index is 13.3. The van der Waals surface area contributed by atoms with Crippen LogP contribution in [0.3, 0.4) is 0 Å². The predicted octanol–water partition coefficient (Wildman–Crippen LogP) is 4.51. The van der Waals surface area contributed by atoms with E-state index in [2.05, 4.69) is 10.3 Å². The minimum atomic E-state index is -0.709. The van der Waals surface area contributed by atoms with Crippen LogP contribution in [0.4, 0.5) is 5.69 Å². The molecule has 6 nitrogen and oxygen atoms in total. The quantitative estimate of drug-likeness (QED) is 0.659. The highest BCUT2D eigenvalue weighted by molar-refractivity contribution is 7.18. The number of carbonyl (C=O) groups excluding carboxylic acids is 1. The molecule has 3 aromatic rings. The van der Waals surface area contributed by atoms with Gasteiger partial charge in [0.25, 0.3) is 5.56 Å². The Morgan fingerprint density at radius 3 is 2.83 bits per heavy atom. The van der Waals surface area contributed by atoms with Crippen LogP contribution in [0.25, 0.3) is 10.2 Å². The summed E-state index contributed by atoms with van der Waals surface area (Å²) in [4.78, 5) is 32.9. The summed E-state index contributed by atoms with van der Waals surface area (Å²) < 4.78 is 6.62. The number of amides is 1. The van der Waals surface area contributed by atoms with E-state index in [1.165, 1.54) is 16.6 Å². The van der Waals surface area contributed by atoms with Crippen LogP contribution < -0.4 is 15.6 Å². The van der Waals surface area contributed by atoms with Gasteiger partial charge in [0.15, 0.2) is 0 Å². The van der Waals surface area contributed by atoms with Crippen molar-refractivity contribution in [3.05, 3.63) is 49.8 Å². The number of nitrogens with one attached hydrogen (secondary N) is 1. The predicted molar refractivity (Wildman–Crippen MR) is 117 cm³/mol.